The molecule has 0 amide bonds. The lowest BCUT2D eigenvalue weighted by Gasteiger charge is -1.94. The summed E-state index contributed by atoms with van der Waals surface area (Å²) >= 11 is 3.29. The Morgan fingerprint density at radius 3 is 2.80 bits per heavy atom. The number of carboxylic acid groups (broad SMARTS) is 1. The first kappa shape index (κ1) is 9.85. The monoisotopic (exact) mass is 268 g/mol. The van der Waals surface area contributed by atoms with Crippen LogP contribution in [0, 0.1) is 0 Å². The van der Waals surface area contributed by atoms with E-state index in [1.165, 1.54) is 0 Å². The molecule has 1 N–H and O–H groups in total. The molecule has 0 aliphatic carbocycles. The highest BCUT2D eigenvalue weighted by molar-refractivity contribution is 9.10. The fourth-order valence-corrected chi connectivity index (χ4v) is 1.45. The summed E-state index contributed by atoms with van der Waals surface area (Å²) in [6, 6.07) is 7.16. The van der Waals surface area contributed by atoms with Crippen molar-refractivity contribution in [3.05, 3.63) is 34.6 Å². The van der Waals surface area contributed by atoms with Gasteiger partial charge in [-0.2, -0.15) is 0 Å². The maximum Gasteiger partial charge on any atom is 0.393 e. The fraction of sp³-hybridized carbons (Fsp3) is 0. The summed E-state index contributed by atoms with van der Waals surface area (Å²) in [4.78, 5) is 10.5. The molecule has 0 aliphatic heterocycles. The molecule has 0 saturated heterocycles. The van der Waals surface area contributed by atoms with Crippen molar-refractivity contribution in [1.29, 1.82) is 0 Å². The molecule has 0 atom stereocenters. The van der Waals surface area contributed by atoms with E-state index in [0.717, 1.165) is 4.47 Å². The van der Waals surface area contributed by atoms with Crippen molar-refractivity contribution in [2.75, 3.05) is 0 Å². The Morgan fingerprint density at radius 1 is 1.40 bits per heavy atom. The van der Waals surface area contributed by atoms with Crippen LogP contribution < -0.4 is 0 Å². The summed E-state index contributed by atoms with van der Waals surface area (Å²) in [5, 5.41) is 15.6. The van der Waals surface area contributed by atoms with Crippen molar-refractivity contribution in [1.82, 2.24) is 10.2 Å². The van der Waals surface area contributed by atoms with E-state index in [9.17, 15) is 4.79 Å². The summed E-state index contributed by atoms with van der Waals surface area (Å²) < 4.78 is 5.80. The lowest BCUT2D eigenvalue weighted by molar-refractivity contribution is 0.0654. The van der Waals surface area contributed by atoms with Crippen molar-refractivity contribution in [3.63, 3.8) is 0 Å². The number of halogens is 1. The fourth-order valence-electron chi connectivity index (χ4n) is 1.05. The third-order valence-corrected chi connectivity index (χ3v) is 2.17. The van der Waals surface area contributed by atoms with Gasteiger partial charge < -0.3 is 9.52 Å². The van der Waals surface area contributed by atoms with E-state index in [1.807, 2.05) is 6.07 Å². The van der Waals surface area contributed by atoms with E-state index in [1.54, 1.807) is 18.2 Å². The number of carboxylic acids is 1. The van der Waals surface area contributed by atoms with Gasteiger partial charge in [-0.15, -0.1) is 10.2 Å². The molecule has 0 radical (unpaired) electrons. The van der Waals surface area contributed by atoms with Crippen LogP contribution in [-0.4, -0.2) is 21.3 Å². The standard InChI is InChI=1S/C9H5BrN2O3/c10-6-3-1-2-5(4-6)7-11-12-8(15-7)9(13)14/h1-4H,(H,13,14). The predicted octanol–water partition coefficient (Wildman–Crippen LogP) is 2.20. The van der Waals surface area contributed by atoms with Crippen LogP contribution in [0.25, 0.3) is 11.5 Å². The minimum atomic E-state index is -1.23. The highest BCUT2D eigenvalue weighted by Gasteiger charge is 2.13. The van der Waals surface area contributed by atoms with Gasteiger partial charge in [-0.05, 0) is 18.2 Å². The van der Waals surface area contributed by atoms with Crippen LogP contribution in [-0.2, 0) is 0 Å². The SMILES string of the molecule is O=C(O)c1nnc(-c2cccc(Br)c2)o1. The molecule has 0 spiro atoms. The molecule has 6 heteroatoms. The van der Waals surface area contributed by atoms with Gasteiger partial charge in [0.1, 0.15) is 0 Å². The van der Waals surface area contributed by atoms with Gasteiger partial charge in [-0.1, -0.05) is 22.0 Å². The molecule has 0 fully saturated rings. The van der Waals surface area contributed by atoms with Gasteiger partial charge in [0.25, 0.3) is 0 Å². The topological polar surface area (TPSA) is 76.2 Å². The van der Waals surface area contributed by atoms with Crippen LogP contribution in [0.2, 0.25) is 0 Å². The van der Waals surface area contributed by atoms with Crippen molar-refractivity contribution < 1.29 is 14.3 Å². The molecule has 15 heavy (non-hydrogen) atoms. The average Bonchev–Trinajstić information content (AvgIpc) is 2.66. The molecule has 1 aromatic carbocycles. The third-order valence-electron chi connectivity index (χ3n) is 1.68. The summed E-state index contributed by atoms with van der Waals surface area (Å²) in [7, 11) is 0. The number of rotatable bonds is 2. The Labute approximate surface area is 92.9 Å². The molecule has 0 saturated carbocycles. The number of aromatic nitrogens is 2. The van der Waals surface area contributed by atoms with Gasteiger partial charge >= 0.3 is 11.9 Å². The molecule has 0 aliphatic rings. The van der Waals surface area contributed by atoms with E-state index in [-0.39, 0.29) is 5.89 Å². The summed E-state index contributed by atoms with van der Waals surface area (Å²) in [5.74, 6) is -1.46. The van der Waals surface area contributed by atoms with Crippen molar-refractivity contribution >= 4 is 21.9 Å². The molecule has 0 bridgehead atoms. The first-order chi connectivity index (χ1) is 7.16. The summed E-state index contributed by atoms with van der Waals surface area (Å²) in [6.07, 6.45) is 0. The van der Waals surface area contributed by atoms with Crippen LogP contribution in [0.1, 0.15) is 10.7 Å². The molecule has 0 unspecified atom stereocenters. The Balaban J connectivity index is 2.41. The van der Waals surface area contributed by atoms with Gasteiger partial charge in [0.05, 0.1) is 0 Å². The van der Waals surface area contributed by atoms with Crippen molar-refractivity contribution in [2.24, 2.45) is 0 Å². The molecule has 1 heterocycles. The van der Waals surface area contributed by atoms with Crippen molar-refractivity contribution in [3.8, 4) is 11.5 Å². The normalized spacial score (nSPS) is 10.2. The molecule has 5 nitrogen and oxygen atoms in total. The average molecular weight is 269 g/mol. The highest BCUT2D eigenvalue weighted by atomic mass is 79.9. The van der Waals surface area contributed by atoms with E-state index in [2.05, 4.69) is 26.1 Å². The van der Waals surface area contributed by atoms with E-state index in [0.29, 0.717) is 5.56 Å². The summed E-state index contributed by atoms with van der Waals surface area (Å²) in [5.41, 5.74) is 0.671. The molecular formula is C9H5BrN2O3. The third kappa shape index (κ3) is 2.04. The summed E-state index contributed by atoms with van der Waals surface area (Å²) in [6.45, 7) is 0. The van der Waals surface area contributed by atoms with Crippen LogP contribution in [0.15, 0.2) is 33.2 Å². The van der Waals surface area contributed by atoms with Crippen LogP contribution in [0.5, 0.6) is 0 Å². The molecule has 76 valence electrons. The number of aromatic carboxylic acids is 1. The second-order valence-corrected chi connectivity index (χ2v) is 3.64. The number of hydrogen-bond acceptors (Lipinski definition) is 4. The first-order valence-electron chi connectivity index (χ1n) is 3.99. The zero-order valence-electron chi connectivity index (χ0n) is 7.35. The molecule has 2 aromatic rings. The second kappa shape index (κ2) is 3.82. The minimum Gasteiger partial charge on any atom is -0.474 e. The largest absolute Gasteiger partial charge is 0.474 e. The Bertz CT molecular complexity index is 510. The van der Waals surface area contributed by atoms with E-state index < -0.39 is 11.9 Å². The molecule has 1 aromatic heterocycles. The number of carbonyl (C=O) groups is 1. The zero-order valence-corrected chi connectivity index (χ0v) is 8.93. The predicted molar refractivity (Wildman–Crippen MR) is 54.4 cm³/mol. The van der Waals surface area contributed by atoms with Gasteiger partial charge in [-0.25, -0.2) is 4.79 Å². The smallest absolute Gasteiger partial charge is 0.393 e. The first-order valence-corrected chi connectivity index (χ1v) is 4.79. The van der Waals surface area contributed by atoms with E-state index >= 15 is 0 Å². The van der Waals surface area contributed by atoms with Crippen molar-refractivity contribution in [2.45, 2.75) is 0 Å². The van der Waals surface area contributed by atoms with Crippen LogP contribution in [0.4, 0.5) is 0 Å². The maximum absolute atomic E-state index is 10.5. The van der Waals surface area contributed by atoms with Gasteiger partial charge in [0.15, 0.2) is 0 Å². The number of hydrogen-bond donors (Lipinski definition) is 1. The Morgan fingerprint density at radius 2 is 2.20 bits per heavy atom. The number of benzene rings is 1. The zero-order chi connectivity index (χ0) is 10.8. The lowest BCUT2D eigenvalue weighted by atomic mass is 10.2. The number of nitrogens with zero attached hydrogens (tertiary/aromatic N) is 2. The highest BCUT2D eigenvalue weighted by Crippen LogP contribution is 2.21. The Kier molecular flexibility index (Phi) is 2.51. The van der Waals surface area contributed by atoms with Crippen LogP contribution >= 0.6 is 15.9 Å². The maximum atomic E-state index is 10.5. The molecule has 2 rings (SSSR count). The molecular weight excluding hydrogens is 264 g/mol. The quantitative estimate of drug-likeness (QED) is 0.904. The second-order valence-electron chi connectivity index (χ2n) is 2.73. The van der Waals surface area contributed by atoms with Gasteiger partial charge in [-0.3, -0.25) is 0 Å². The van der Waals surface area contributed by atoms with Gasteiger partial charge in [0.2, 0.25) is 5.89 Å². The Hall–Kier alpha value is -1.69. The van der Waals surface area contributed by atoms with Gasteiger partial charge in [0, 0.05) is 10.0 Å². The van der Waals surface area contributed by atoms with E-state index in [4.69, 9.17) is 9.52 Å². The lowest BCUT2D eigenvalue weighted by Crippen LogP contribution is -1.95. The minimum absolute atomic E-state index is 0.189. The van der Waals surface area contributed by atoms with Crippen LogP contribution in [0.3, 0.4) is 0 Å².